The molecule has 0 saturated carbocycles. The van der Waals surface area contributed by atoms with Gasteiger partial charge in [-0.2, -0.15) is 4.31 Å². The lowest BCUT2D eigenvalue weighted by atomic mass is 10.2. The zero-order valence-electron chi connectivity index (χ0n) is 22.3. The van der Waals surface area contributed by atoms with Gasteiger partial charge in [-0.3, -0.25) is 18.1 Å². The van der Waals surface area contributed by atoms with E-state index >= 15 is 0 Å². The molecule has 0 aliphatic heterocycles. The summed E-state index contributed by atoms with van der Waals surface area (Å²) in [7, 11) is -8.86. The van der Waals surface area contributed by atoms with E-state index in [1.54, 1.807) is 52.0 Å². The van der Waals surface area contributed by atoms with Gasteiger partial charge in [0.1, 0.15) is 0 Å². The second-order valence-electron chi connectivity index (χ2n) is 8.30. The summed E-state index contributed by atoms with van der Waals surface area (Å²) in [5.41, 5.74) is 2.78. The molecule has 216 valence electrons. The van der Waals surface area contributed by atoms with Crippen LogP contribution in [-0.4, -0.2) is 73.3 Å². The highest BCUT2D eigenvalue weighted by Crippen LogP contribution is 2.66. The van der Waals surface area contributed by atoms with Crippen LogP contribution in [0.3, 0.4) is 0 Å². The highest BCUT2D eigenvalue weighted by Gasteiger charge is 2.40. The molecule has 0 atom stereocenters. The van der Waals surface area contributed by atoms with Crippen LogP contribution in [0.4, 0.5) is 0 Å². The van der Waals surface area contributed by atoms with Gasteiger partial charge in [-0.25, -0.2) is 9.13 Å². The van der Waals surface area contributed by atoms with Gasteiger partial charge in [-0.1, -0.05) is 46.6 Å². The Balaban J connectivity index is 5.58. The van der Waals surface area contributed by atoms with Crippen LogP contribution in [0.2, 0.25) is 0 Å². The lowest BCUT2D eigenvalue weighted by Gasteiger charge is -2.23. The van der Waals surface area contributed by atoms with Gasteiger partial charge in [-0.05, 0) is 53.4 Å². The molecule has 0 unspecified atom stereocenters. The van der Waals surface area contributed by atoms with Gasteiger partial charge in [-0.15, -0.1) is 0 Å². The number of hydrogen-bond acceptors (Lipinski definition) is 11. The van der Waals surface area contributed by atoms with Gasteiger partial charge in [0.15, 0.2) is 0 Å². The predicted octanol–water partition coefficient (Wildman–Crippen LogP) is 4.60. The number of phosphoric acid groups is 2. The molecule has 0 spiro atoms. The van der Waals surface area contributed by atoms with Crippen molar-refractivity contribution in [2.24, 2.45) is 0 Å². The van der Waals surface area contributed by atoms with Crippen LogP contribution in [0.5, 0.6) is 0 Å². The predicted molar refractivity (Wildman–Crippen MR) is 142 cm³/mol. The first-order valence-corrected chi connectivity index (χ1v) is 15.0. The fraction of sp³-hybridized carbons (Fsp3) is 0.667. The molecule has 0 radical (unpaired) electrons. The van der Waals surface area contributed by atoms with Gasteiger partial charge >= 0.3 is 15.6 Å². The molecule has 13 heteroatoms. The van der Waals surface area contributed by atoms with Crippen molar-refractivity contribution in [1.29, 1.82) is 0 Å². The summed E-state index contributed by atoms with van der Waals surface area (Å²) < 4.78 is 53.6. The third-order valence-electron chi connectivity index (χ3n) is 4.64. The van der Waals surface area contributed by atoms with Crippen molar-refractivity contribution in [3.63, 3.8) is 0 Å². The average Bonchev–Trinajstić information content (AvgIpc) is 2.88. The number of phosphoric ester groups is 2. The van der Waals surface area contributed by atoms with Crippen molar-refractivity contribution < 1.29 is 52.0 Å². The van der Waals surface area contributed by atoms with E-state index in [2.05, 4.69) is 0 Å². The van der Waals surface area contributed by atoms with Gasteiger partial charge in [0.05, 0.1) is 52.9 Å². The Hall–Kier alpha value is -0.940. The Morgan fingerprint density at radius 1 is 0.514 bits per heavy atom. The highest BCUT2D eigenvalue weighted by atomic mass is 31.3. The second kappa shape index (κ2) is 21.0. The summed E-state index contributed by atoms with van der Waals surface area (Å²) >= 11 is 0. The molecule has 0 fully saturated rings. The first kappa shape index (κ1) is 36.1. The number of rotatable bonds is 22. The second-order valence-corrected chi connectivity index (χ2v) is 11.8. The number of aliphatic hydroxyl groups is 4. The molecule has 0 bridgehead atoms. The maximum Gasteiger partial charge on any atom is 0.483 e. The Kier molecular flexibility index (Phi) is 20.4. The molecule has 0 aromatic heterocycles. The SMILES string of the molecule is C/C(=C\CCOP(=O)(OCC/C=C(\C)CO)OP(=O)(OCC/C=C(\C)CO)OCC/C=C(\C)CO)CO. The van der Waals surface area contributed by atoms with Crippen LogP contribution < -0.4 is 0 Å². The van der Waals surface area contributed by atoms with Crippen LogP contribution >= 0.6 is 15.6 Å². The van der Waals surface area contributed by atoms with Crippen LogP contribution in [0.1, 0.15) is 53.4 Å². The molecule has 11 nitrogen and oxygen atoms in total. The largest absolute Gasteiger partial charge is 0.483 e. The fourth-order valence-electron chi connectivity index (χ4n) is 2.43. The minimum absolute atomic E-state index is 0.114. The molecular weight excluding hydrogens is 526 g/mol. The summed E-state index contributed by atoms with van der Waals surface area (Å²) in [4.78, 5) is 0. The first-order chi connectivity index (χ1) is 17.5. The molecule has 0 rings (SSSR count). The minimum atomic E-state index is -4.43. The zero-order chi connectivity index (χ0) is 28.2. The summed E-state index contributed by atoms with van der Waals surface area (Å²) in [6.45, 7) is 5.90. The van der Waals surface area contributed by atoms with Crippen molar-refractivity contribution in [2.75, 3.05) is 52.9 Å². The van der Waals surface area contributed by atoms with Crippen LogP contribution in [0.15, 0.2) is 46.6 Å². The van der Waals surface area contributed by atoms with Gasteiger partial charge < -0.3 is 20.4 Å². The topological polar surface area (TPSA) is 161 Å². The quantitative estimate of drug-likeness (QED) is 0.0818. The maximum atomic E-state index is 13.4. The Bertz CT molecular complexity index is 722. The molecular formula is C24H44O11P2. The molecule has 4 N–H and O–H groups in total. The van der Waals surface area contributed by atoms with E-state index in [-0.39, 0.29) is 78.5 Å². The molecule has 0 heterocycles. The van der Waals surface area contributed by atoms with E-state index < -0.39 is 15.6 Å². The standard InChI is InChI=1S/C24H44O11P2/c1-21(17-25)9-5-13-31-36(29,32-14-6-10-22(2)18-26)35-37(30,33-15-7-11-23(3)19-27)34-16-8-12-24(4)20-28/h9-12,25-28H,5-8,13-20H2,1-4H3/b21-9+,22-10+,23-11+,24-12+. The fourth-order valence-corrected chi connectivity index (χ4v) is 5.63. The van der Waals surface area contributed by atoms with E-state index in [4.69, 9.17) is 42.8 Å². The van der Waals surface area contributed by atoms with E-state index in [1.807, 2.05) is 0 Å². The Labute approximate surface area is 220 Å². The van der Waals surface area contributed by atoms with Gasteiger partial charge in [0.2, 0.25) is 0 Å². The molecule has 0 saturated heterocycles. The molecule has 0 aliphatic carbocycles. The van der Waals surface area contributed by atoms with Crippen molar-refractivity contribution in [3.05, 3.63) is 46.6 Å². The Morgan fingerprint density at radius 3 is 0.919 bits per heavy atom. The molecule has 0 aromatic carbocycles. The van der Waals surface area contributed by atoms with Gasteiger partial charge in [0.25, 0.3) is 0 Å². The summed E-state index contributed by atoms with van der Waals surface area (Å²) in [5, 5.41) is 36.5. The van der Waals surface area contributed by atoms with E-state index in [0.29, 0.717) is 22.3 Å². The number of hydrogen-bond donors (Lipinski definition) is 4. The third-order valence-corrected chi connectivity index (χ3v) is 8.23. The lowest BCUT2D eigenvalue weighted by Crippen LogP contribution is -2.07. The summed E-state index contributed by atoms with van der Waals surface area (Å²) in [6.07, 6.45) is 7.91. The number of aliphatic hydroxyl groups excluding tert-OH is 4. The van der Waals surface area contributed by atoms with Crippen LogP contribution in [0, 0.1) is 0 Å². The highest BCUT2D eigenvalue weighted by molar-refractivity contribution is 7.62. The van der Waals surface area contributed by atoms with Crippen molar-refractivity contribution >= 4 is 15.6 Å². The van der Waals surface area contributed by atoms with Crippen LogP contribution in [-0.2, 0) is 31.5 Å². The maximum absolute atomic E-state index is 13.4. The first-order valence-electron chi connectivity index (χ1n) is 12.1. The summed E-state index contributed by atoms with van der Waals surface area (Å²) in [6, 6.07) is 0. The molecule has 37 heavy (non-hydrogen) atoms. The van der Waals surface area contributed by atoms with Crippen molar-refractivity contribution in [3.8, 4) is 0 Å². The van der Waals surface area contributed by atoms with E-state index in [9.17, 15) is 9.13 Å². The normalized spacial score (nSPS) is 14.5. The van der Waals surface area contributed by atoms with Gasteiger partial charge in [0, 0.05) is 0 Å². The van der Waals surface area contributed by atoms with E-state index in [0.717, 1.165) is 0 Å². The Morgan fingerprint density at radius 2 is 0.730 bits per heavy atom. The smallest absolute Gasteiger partial charge is 0.392 e. The lowest BCUT2D eigenvalue weighted by molar-refractivity contribution is 0.112. The molecule has 0 aromatic rings. The van der Waals surface area contributed by atoms with Crippen LogP contribution in [0.25, 0.3) is 0 Å². The average molecular weight is 571 g/mol. The zero-order valence-corrected chi connectivity index (χ0v) is 24.1. The monoisotopic (exact) mass is 570 g/mol. The van der Waals surface area contributed by atoms with Crippen molar-refractivity contribution in [2.45, 2.75) is 53.4 Å². The summed E-state index contributed by atoms with van der Waals surface area (Å²) in [5.74, 6) is 0. The van der Waals surface area contributed by atoms with Crippen molar-refractivity contribution in [1.82, 2.24) is 0 Å². The minimum Gasteiger partial charge on any atom is -0.392 e. The molecule has 0 amide bonds. The third kappa shape index (κ3) is 18.9. The molecule has 0 aliphatic rings. The van der Waals surface area contributed by atoms with E-state index in [1.165, 1.54) is 0 Å².